The Morgan fingerprint density at radius 1 is 0.577 bits per heavy atom. The summed E-state index contributed by atoms with van der Waals surface area (Å²) in [5.41, 5.74) is 9.43. The number of amides is 1. The first-order valence-electron chi connectivity index (χ1n) is 18.3. The Hall–Kier alpha value is -2.40. The summed E-state index contributed by atoms with van der Waals surface area (Å²) >= 11 is 0. The lowest BCUT2D eigenvalue weighted by Crippen LogP contribution is -2.37. The molecule has 15 nitrogen and oxygen atoms in total. The zero-order chi connectivity index (χ0) is 38.7. The number of carbonyl (C=O) groups is 1. The normalized spacial score (nSPS) is 16.9. The van der Waals surface area contributed by atoms with Crippen molar-refractivity contribution in [2.24, 2.45) is 5.11 Å². The molecule has 1 N–H and O–H groups in total. The lowest BCUT2D eigenvalue weighted by molar-refractivity contribution is -0.110. The molecule has 15 heteroatoms. The minimum absolute atomic E-state index is 0.0157. The van der Waals surface area contributed by atoms with Crippen molar-refractivity contribution in [1.82, 2.24) is 5.32 Å². The van der Waals surface area contributed by atoms with Gasteiger partial charge in [-0.3, -0.25) is 4.79 Å². The summed E-state index contributed by atoms with van der Waals surface area (Å²) < 4.78 is 57.5. The minimum atomic E-state index is -0.232. The largest absolute Gasteiger partial charge is 0.382 e. The fraction of sp³-hybridized carbons (Fsp3) is 0.811. The second-order valence-electron chi connectivity index (χ2n) is 13.3. The summed E-state index contributed by atoms with van der Waals surface area (Å²) in [4.78, 5) is 15.2. The fourth-order valence-electron chi connectivity index (χ4n) is 4.26. The fourth-order valence-corrected chi connectivity index (χ4v) is 4.26. The Labute approximate surface area is 311 Å². The molecule has 9 unspecified atom stereocenters. The van der Waals surface area contributed by atoms with Gasteiger partial charge in [-0.05, 0) is 80.0 Å². The number of methoxy groups -OCH3 is 1. The van der Waals surface area contributed by atoms with Gasteiger partial charge < -0.3 is 52.7 Å². The smallest absolute Gasteiger partial charge is 0.251 e. The highest BCUT2D eigenvalue weighted by Crippen LogP contribution is 2.13. The summed E-state index contributed by atoms with van der Waals surface area (Å²) in [7, 11) is 1.65. The number of nitrogens with zero attached hydrogens (tertiary/aromatic N) is 3. The van der Waals surface area contributed by atoms with E-state index in [4.69, 9.17) is 52.9 Å². The van der Waals surface area contributed by atoms with Gasteiger partial charge in [-0.25, -0.2) is 0 Å². The molecule has 0 saturated carbocycles. The molecule has 52 heavy (non-hydrogen) atoms. The lowest BCUT2D eigenvalue weighted by atomic mass is 10.2. The van der Waals surface area contributed by atoms with Crippen LogP contribution in [-0.4, -0.2) is 141 Å². The molecule has 1 amide bonds. The van der Waals surface area contributed by atoms with E-state index in [2.05, 4.69) is 15.3 Å². The third-order valence-electron chi connectivity index (χ3n) is 7.39. The summed E-state index contributed by atoms with van der Waals surface area (Å²) in [6.07, 6.45) is -0.772. The second kappa shape index (κ2) is 29.0. The highest BCUT2D eigenvalue weighted by atomic mass is 16.6. The molecule has 0 fully saturated rings. The number of ether oxygens (including phenoxy) is 10. The van der Waals surface area contributed by atoms with Crippen LogP contribution in [0.1, 0.15) is 72.7 Å². The number of hydrogen-bond acceptors (Lipinski definition) is 12. The zero-order valence-corrected chi connectivity index (χ0v) is 33.1. The molecule has 1 aromatic carbocycles. The van der Waals surface area contributed by atoms with E-state index < -0.39 is 0 Å². The van der Waals surface area contributed by atoms with Crippen LogP contribution in [-0.2, 0) is 47.4 Å². The molecule has 0 aliphatic heterocycles. The number of nitrogens with one attached hydrogen (secondary N) is 1. The summed E-state index contributed by atoms with van der Waals surface area (Å²) in [6.45, 7) is 22.6. The zero-order valence-electron chi connectivity index (χ0n) is 33.1. The number of benzene rings is 1. The van der Waals surface area contributed by atoms with Crippen molar-refractivity contribution >= 4 is 11.6 Å². The molecule has 0 bridgehead atoms. The van der Waals surface area contributed by atoms with Crippen molar-refractivity contribution in [2.45, 2.75) is 117 Å². The van der Waals surface area contributed by atoms with Crippen molar-refractivity contribution < 1.29 is 52.2 Å². The second-order valence-corrected chi connectivity index (χ2v) is 13.3. The van der Waals surface area contributed by atoms with Gasteiger partial charge in [0.25, 0.3) is 5.91 Å². The first-order valence-corrected chi connectivity index (χ1v) is 18.3. The van der Waals surface area contributed by atoms with E-state index in [1.807, 2.05) is 62.3 Å². The van der Waals surface area contributed by atoms with E-state index in [0.717, 1.165) is 0 Å². The van der Waals surface area contributed by atoms with Gasteiger partial charge >= 0.3 is 0 Å². The number of carbonyl (C=O) groups excluding carboxylic acids is 1. The number of azide groups is 1. The van der Waals surface area contributed by atoms with Crippen molar-refractivity contribution in [3.05, 3.63) is 40.3 Å². The minimum Gasteiger partial charge on any atom is -0.382 e. The summed E-state index contributed by atoms with van der Waals surface area (Å²) in [5.74, 6) is -0.232. The molecular weight excluding hydrogens is 676 g/mol. The molecule has 0 aliphatic carbocycles. The molecule has 0 aliphatic rings. The van der Waals surface area contributed by atoms with E-state index in [-0.39, 0.29) is 60.8 Å². The maximum Gasteiger partial charge on any atom is 0.251 e. The van der Waals surface area contributed by atoms with Crippen LogP contribution in [0.4, 0.5) is 5.69 Å². The maximum atomic E-state index is 12.4. The lowest BCUT2D eigenvalue weighted by Gasteiger charge is -2.23. The standard InChI is InChI=1S/C37H66N4O11/c1-26(39-37(42)35-11-13-36(14-12-35)40-41-38)17-45-28(3)19-47-30(5)21-49-32(7)23-51-34(9)25-52-33(8)24-50-31(6)22-48-29(4)20-46-27(2)18-44-16-15-43-10/h11-14,26-34H,15-25H2,1-10H3,(H,39,42). The van der Waals surface area contributed by atoms with Gasteiger partial charge in [0, 0.05) is 29.3 Å². The van der Waals surface area contributed by atoms with E-state index in [1.54, 1.807) is 31.4 Å². The van der Waals surface area contributed by atoms with Gasteiger partial charge in [0.1, 0.15) is 0 Å². The topological polar surface area (TPSA) is 170 Å². The van der Waals surface area contributed by atoms with Gasteiger partial charge in [-0.1, -0.05) is 17.2 Å². The molecule has 9 atom stereocenters. The highest BCUT2D eigenvalue weighted by Gasteiger charge is 2.16. The van der Waals surface area contributed by atoms with Crippen molar-refractivity contribution in [2.75, 3.05) is 79.8 Å². The third kappa shape index (κ3) is 24.8. The van der Waals surface area contributed by atoms with E-state index in [0.29, 0.717) is 83.9 Å². The number of hydrogen-bond donors (Lipinski definition) is 1. The molecule has 0 radical (unpaired) electrons. The first-order chi connectivity index (χ1) is 24.8. The molecular formula is C37H66N4O11. The Morgan fingerprint density at radius 2 is 0.923 bits per heavy atom. The Bertz CT molecular complexity index is 1100. The van der Waals surface area contributed by atoms with E-state index in [1.165, 1.54) is 0 Å². The van der Waals surface area contributed by atoms with Crippen LogP contribution in [0.3, 0.4) is 0 Å². The molecule has 0 spiro atoms. The van der Waals surface area contributed by atoms with Crippen LogP contribution in [0.5, 0.6) is 0 Å². The Balaban J connectivity index is 2.11. The molecule has 1 rings (SSSR count). The van der Waals surface area contributed by atoms with Gasteiger partial charge in [-0.15, -0.1) is 0 Å². The van der Waals surface area contributed by atoms with Gasteiger partial charge in [-0.2, -0.15) is 0 Å². The monoisotopic (exact) mass is 742 g/mol. The molecule has 0 aromatic heterocycles. The average molecular weight is 743 g/mol. The predicted octanol–water partition coefficient (Wildman–Crippen LogP) is 5.65. The summed E-state index contributed by atoms with van der Waals surface area (Å²) in [5, 5.41) is 6.40. The third-order valence-corrected chi connectivity index (χ3v) is 7.39. The Morgan fingerprint density at radius 3 is 1.27 bits per heavy atom. The highest BCUT2D eigenvalue weighted by molar-refractivity contribution is 5.94. The van der Waals surface area contributed by atoms with Crippen molar-refractivity contribution in [1.29, 1.82) is 0 Å². The molecule has 300 valence electrons. The first kappa shape index (κ1) is 47.6. The molecule has 0 heterocycles. The van der Waals surface area contributed by atoms with Crippen LogP contribution >= 0.6 is 0 Å². The van der Waals surface area contributed by atoms with Crippen molar-refractivity contribution in [3.63, 3.8) is 0 Å². The number of rotatable bonds is 32. The van der Waals surface area contributed by atoms with Gasteiger partial charge in [0.05, 0.1) is 122 Å². The van der Waals surface area contributed by atoms with Gasteiger partial charge in [0.15, 0.2) is 0 Å². The predicted molar refractivity (Wildman–Crippen MR) is 198 cm³/mol. The van der Waals surface area contributed by atoms with Crippen LogP contribution in [0.15, 0.2) is 29.4 Å². The van der Waals surface area contributed by atoms with Crippen LogP contribution in [0.25, 0.3) is 10.4 Å². The van der Waals surface area contributed by atoms with E-state index >= 15 is 0 Å². The van der Waals surface area contributed by atoms with Crippen LogP contribution in [0.2, 0.25) is 0 Å². The van der Waals surface area contributed by atoms with Crippen LogP contribution < -0.4 is 5.32 Å². The Kier molecular flexibility index (Phi) is 26.6. The maximum absolute atomic E-state index is 12.4. The average Bonchev–Trinajstić information content (AvgIpc) is 3.13. The molecule has 1 aromatic rings. The van der Waals surface area contributed by atoms with E-state index in [9.17, 15) is 4.79 Å². The SMILES string of the molecule is COCCOCC(C)OCC(C)OCC(C)OCC(C)OCC(C)OCC(C)OCC(C)OCC(C)OCC(C)NC(=O)c1ccc(N=[N+]=[N-])cc1. The van der Waals surface area contributed by atoms with Crippen molar-refractivity contribution in [3.8, 4) is 0 Å². The molecule has 0 saturated heterocycles. The van der Waals surface area contributed by atoms with Gasteiger partial charge in [0.2, 0.25) is 0 Å². The van der Waals surface area contributed by atoms with Crippen LogP contribution in [0, 0.1) is 0 Å². The quantitative estimate of drug-likeness (QED) is 0.0419. The summed E-state index contributed by atoms with van der Waals surface area (Å²) in [6, 6.07) is 6.19.